The van der Waals surface area contributed by atoms with Gasteiger partial charge in [0.25, 0.3) is 0 Å². The van der Waals surface area contributed by atoms with Gasteiger partial charge in [-0.15, -0.1) is 0 Å². The van der Waals surface area contributed by atoms with Gasteiger partial charge in [-0.1, -0.05) is 66.0 Å². The first kappa shape index (κ1) is 40.9. The van der Waals surface area contributed by atoms with Crippen LogP contribution in [0.2, 0.25) is 0 Å². The third-order valence-corrected chi connectivity index (χ3v) is 11.9. The van der Waals surface area contributed by atoms with E-state index in [0.717, 1.165) is 25.5 Å². The van der Waals surface area contributed by atoms with Crippen molar-refractivity contribution in [2.75, 3.05) is 25.1 Å². The summed E-state index contributed by atoms with van der Waals surface area (Å²) in [6.45, 7) is 9.39. The fourth-order valence-corrected chi connectivity index (χ4v) is 9.37. The van der Waals surface area contributed by atoms with E-state index in [-0.39, 0.29) is 48.1 Å². The molecule has 1 aliphatic heterocycles. The number of carboxylic acid groups (broad SMARTS) is 1. The van der Waals surface area contributed by atoms with Gasteiger partial charge >= 0.3 is 12.0 Å². The Morgan fingerprint density at radius 2 is 1.62 bits per heavy atom. The number of rotatable bonds is 14. The number of piperidine rings is 1. The predicted octanol–water partition coefficient (Wildman–Crippen LogP) is 3.13. The molecule has 290 valence electrons. The molecule has 0 aromatic heterocycles. The molecule has 3 aliphatic rings. The molecule has 4 rings (SSSR count). The highest BCUT2D eigenvalue weighted by Crippen LogP contribution is 2.65. The summed E-state index contributed by atoms with van der Waals surface area (Å²) in [4.78, 5) is 67.4. The molecule has 0 spiro atoms. The standard InChI is InChI=1S/C36H53F2N5O8S/c1-34(2,3)28(41-33(49)42-36(20-52(6,50)51)15-8-7-9-16-36)31(46)43-19-23-26(35(23,4)5)27(43)30(45)40-24(18-25(37)38)29(44)39-17-14-21-10-12-22(13-11-21)32(47)48/h10-13,23-28H,7-9,14-20H2,1-6H3,(H,39,44)(H,40,45)(H,47,48)(H2,41,42,49)/t23-,24-,26-,27?,28+/m0/s1. The first-order valence-corrected chi connectivity index (χ1v) is 19.9. The SMILES string of the molecule is CC(C)(C)[C@H](NC(=O)NC1(CS(C)(=O)=O)CCCCC1)C(=O)N1C[C@H]2[C@@H](C1C(=O)N[C@@H](CC(F)F)C(=O)NCCc1ccc(C(=O)O)cc1)C2(C)C. The van der Waals surface area contributed by atoms with Crippen LogP contribution in [0, 0.1) is 22.7 Å². The van der Waals surface area contributed by atoms with Gasteiger partial charge in [-0.25, -0.2) is 26.8 Å². The highest BCUT2D eigenvalue weighted by molar-refractivity contribution is 7.90. The monoisotopic (exact) mass is 753 g/mol. The molecule has 0 radical (unpaired) electrons. The maximum atomic E-state index is 14.3. The zero-order valence-electron chi connectivity index (χ0n) is 30.8. The number of likely N-dealkylation sites (tertiary alicyclic amines) is 1. The summed E-state index contributed by atoms with van der Waals surface area (Å²) in [5.41, 5.74) is -1.36. The second-order valence-corrected chi connectivity index (χ2v) is 18.6. The number of carboxylic acids is 1. The Balaban J connectivity index is 1.48. The van der Waals surface area contributed by atoms with Crippen LogP contribution in [-0.4, -0.2) is 103 Å². The van der Waals surface area contributed by atoms with Crippen molar-refractivity contribution in [2.45, 2.75) is 110 Å². The molecule has 1 heterocycles. The number of hydrogen-bond acceptors (Lipinski definition) is 7. The van der Waals surface area contributed by atoms with Crippen LogP contribution >= 0.6 is 0 Å². The Hall–Kier alpha value is -3.82. The lowest BCUT2D eigenvalue weighted by molar-refractivity contribution is -0.144. The van der Waals surface area contributed by atoms with E-state index in [4.69, 9.17) is 5.11 Å². The molecular formula is C36H53F2N5O8S. The van der Waals surface area contributed by atoms with Gasteiger partial charge in [-0.05, 0) is 59.6 Å². The van der Waals surface area contributed by atoms with Crippen molar-refractivity contribution >= 4 is 39.6 Å². The molecule has 2 aliphatic carbocycles. The molecule has 13 nitrogen and oxygen atoms in total. The van der Waals surface area contributed by atoms with Crippen molar-refractivity contribution in [2.24, 2.45) is 22.7 Å². The summed E-state index contributed by atoms with van der Waals surface area (Å²) in [6.07, 6.45) is 0.882. The number of alkyl halides is 2. The van der Waals surface area contributed by atoms with E-state index in [1.165, 1.54) is 17.0 Å². The zero-order chi connectivity index (χ0) is 38.8. The number of sulfone groups is 1. The lowest BCUT2D eigenvalue weighted by Crippen LogP contribution is -2.64. The molecule has 1 unspecified atom stereocenters. The number of amides is 5. The number of nitrogens with one attached hydrogen (secondary N) is 4. The van der Waals surface area contributed by atoms with E-state index in [2.05, 4.69) is 21.3 Å². The van der Waals surface area contributed by atoms with E-state index < -0.39 is 81.5 Å². The van der Waals surface area contributed by atoms with Gasteiger partial charge in [0, 0.05) is 25.8 Å². The van der Waals surface area contributed by atoms with Gasteiger partial charge in [0.15, 0.2) is 0 Å². The summed E-state index contributed by atoms with van der Waals surface area (Å²) >= 11 is 0. The summed E-state index contributed by atoms with van der Waals surface area (Å²) in [5.74, 6) is -3.82. The first-order chi connectivity index (χ1) is 24.0. The Bertz CT molecular complexity index is 1620. The summed E-state index contributed by atoms with van der Waals surface area (Å²) < 4.78 is 52.0. The number of carbonyl (C=O) groups is 5. The third kappa shape index (κ3) is 9.98. The number of halogens is 2. The van der Waals surface area contributed by atoms with E-state index in [9.17, 15) is 41.2 Å². The molecule has 1 aromatic rings. The van der Waals surface area contributed by atoms with Gasteiger partial charge in [-0.2, -0.15) is 0 Å². The smallest absolute Gasteiger partial charge is 0.335 e. The van der Waals surface area contributed by atoms with Crippen LogP contribution in [0.3, 0.4) is 0 Å². The number of aromatic carboxylic acids is 1. The van der Waals surface area contributed by atoms with Gasteiger partial charge in [0.1, 0.15) is 28.0 Å². The number of hydrogen-bond donors (Lipinski definition) is 5. The van der Waals surface area contributed by atoms with Crippen LogP contribution in [0.4, 0.5) is 13.6 Å². The highest BCUT2D eigenvalue weighted by atomic mass is 32.2. The fraction of sp³-hybridized carbons (Fsp3) is 0.694. The normalized spacial score (nSPS) is 23.2. The maximum Gasteiger partial charge on any atom is 0.335 e. The van der Waals surface area contributed by atoms with Crippen molar-refractivity contribution in [3.05, 3.63) is 35.4 Å². The van der Waals surface area contributed by atoms with Crippen LogP contribution in [0.15, 0.2) is 24.3 Å². The van der Waals surface area contributed by atoms with Crippen LogP contribution in [0.5, 0.6) is 0 Å². The Labute approximate surface area is 304 Å². The van der Waals surface area contributed by atoms with Crippen LogP contribution in [-0.2, 0) is 30.6 Å². The van der Waals surface area contributed by atoms with E-state index in [1.54, 1.807) is 32.9 Å². The second-order valence-electron chi connectivity index (χ2n) is 16.4. The van der Waals surface area contributed by atoms with Crippen LogP contribution in [0.25, 0.3) is 0 Å². The van der Waals surface area contributed by atoms with E-state index >= 15 is 0 Å². The minimum absolute atomic E-state index is 0.0408. The van der Waals surface area contributed by atoms with Gasteiger partial charge < -0.3 is 31.3 Å². The van der Waals surface area contributed by atoms with Gasteiger partial charge in [-0.3, -0.25) is 14.4 Å². The lowest BCUT2D eigenvalue weighted by Gasteiger charge is -2.40. The molecule has 1 aromatic carbocycles. The summed E-state index contributed by atoms with van der Waals surface area (Å²) in [5, 5.41) is 19.8. The van der Waals surface area contributed by atoms with Crippen molar-refractivity contribution in [3.63, 3.8) is 0 Å². The molecule has 3 fully saturated rings. The molecule has 5 amide bonds. The topological polar surface area (TPSA) is 191 Å². The number of carbonyl (C=O) groups excluding carboxylic acids is 4. The number of benzene rings is 1. The average Bonchev–Trinajstić information content (AvgIpc) is 3.33. The molecular weight excluding hydrogens is 700 g/mol. The molecule has 16 heteroatoms. The van der Waals surface area contributed by atoms with Crippen LogP contribution < -0.4 is 21.3 Å². The minimum atomic E-state index is -3.44. The molecule has 0 bridgehead atoms. The molecule has 52 heavy (non-hydrogen) atoms. The maximum absolute atomic E-state index is 14.3. The average molecular weight is 754 g/mol. The van der Waals surface area contributed by atoms with Crippen molar-refractivity contribution in [1.29, 1.82) is 0 Å². The largest absolute Gasteiger partial charge is 0.478 e. The number of nitrogens with zero attached hydrogens (tertiary/aromatic N) is 1. The van der Waals surface area contributed by atoms with Crippen molar-refractivity contribution in [3.8, 4) is 0 Å². The van der Waals surface area contributed by atoms with Crippen molar-refractivity contribution in [1.82, 2.24) is 26.2 Å². The second kappa shape index (κ2) is 15.7. The zero-order valence-corrected chi connectivity index (χ0v) is 31.6. The van der Waals surface area contributed by atoms with Gasteiger partial charge in [0.2, 0.25) is 24.1 Å². The summed E-state index contributed by atoms with van der Waals surface area (Å²) in [7, 11) is -3.44. The molecule has 5 atom stereocenters. The molecule has 5 N–H and O–H groups in total. The third-order valence-electron chi connectivity index (χ3n) is 10.8. The fourth-order valence-electron chi connectivity index (χ4n) is 8.01. The van der Waals surface area contributed by atoms with Crippen LogP contribution in [0.1, 0.15) is 89.1 Å². The van der Waals surface area contributed by atoms with E-state index in [1.807, 2.05) is 13.8 Å². The predicted molar refractivity (Wildman–Crippen MR) is 189 cm³/mol. The highest BCUT2D eigenvalue weighted by Gasteiger charge is 2.70. The Kier molecular flexibility index (Phi) is 12.3. The van der Waals surface area contributed by atoms with Gasteiger partial charge in [0.05, 0.1) is 16.9 Å². The van der Waals surface area contributed by atoms with E-state index in [0.29, 0.717) is 18.4 Å². The number of fused-ring (bicyclic) bond motifs is 1. The lowest BCUT2D eigenvalue weighted by atomic mass is 9.83. The minimum Gasteiger partial charge on any atom is -0.478 e. The Morgan fingerprint density at radius 1 is 1.00 bits per heavy atom. The first-order valence-electron chi connectivity index (χ1n) is 17.8. The summed E-state index contributed by atoms with van der Waals surface area (Å²) in [6, 6.07) is 1.49. The Morgan fingerprint density at radius 3 is 2.15 bits per heavy atom. The molecule has 2 saturated carbocycles. The van der Waals surface area contributed by atoms with Crippen molar-refractivity contribution < 1.29 is 46.3 Å². The quantitative estimate of drug-likeness (QED) is 0.192. The molecule has 1 saturated heterocycles. The number of urea groups is 1.